The second-order valence-corrected chi connectivity index (χ2v) is 4.06. The van der Waals surface area contributed by atoms with Gasteiger partial charge in [-0.05, 0) is 25.1 Å². The van der Waals surface area contributed by atoms with Crippen molar-refractivity contribution in [3.63, 3.8) is 0 Å². The van der Waals surface area contributed by atoms with E-state index in [9.17, 15) is 20.0 Å². The molecule has 2 N–H and O–H groups in total. The van der Waals surface area contributed by atoms with Crippen molar-refractivity contribution >= 4 is 17.3 Å². The van der Waals surface area contributed by atoms with E-state index < -0.39 is 10.8 Å². The van der Waals surface area contributed by atoms with Gasteiger partial charge in [0, 0.05) is 18.8 Å². The van der Waals surface area contributed by atoms with Gasteiger partial charge in [0.1, 0.15) is 11.4 Å². The molecule has 0 radical (unpaired) electrons. The fourth-order valence-corrected chi connectivity index (χ4v) is 1.88. The molecular weight excluding hydrogens is 262 g/mol. The highest BCUT2D eigenvalue weighted by Gasteiger charge is 2.21. The summed E-state index contributed by atoms with van der Waals surface area (Å²) < 4.78 is 1.70. The summed E-state index contributed by atoms with van der Waals surface area (Å²) in [5.74, 6) is -0.858. The number of anilines is 1. The molecule has 0 unspecified atom stereocenters. The van der Waals surface area contributed by atoms with E-state index in [-0.39, 0.29) is 17.1 Å². The number of carbonyl (C=O) groups excluding carboxylic acids is 1. The van der Waals surface area contributed by atoms with Crippen LogP contribution in [-0.2, 0) is 6.54 Å². The summed E-state index contributed by atoms with van der Waals surface area (Å²) in [6.07, 6.45) is 1.73. The summed E-state index contributed by atoms with van der Waals surface area (Å²) >= 11 is 0. The van der Waals surface area contributed by atoms with Gasteiger partial charge < -0.3 is 15.0 Å². The molecule has 2 rings (SSSR count). The molecule has 0 aliphatic carbocycles. The van der Waals surface area contributed by atoms with Crippen LogP contribution in [0.25, 0.3) is 0 Å². The van der Waals surface area contributed by atoms with Gasteiger partial charge in [0.25, 0.3) is 11.6 Å². The van der Waals surface area contributed by atoms with E-state index in [0.29, 0.717) is 12.2 Å². The van der Waals surface area contributed by atoms with Crippen LogP contribution in [0.15, 0.2) is 36.5 Å². The summed E-state index contributed by atoms with van der Waals surface area (Å²) in [6, 6.07) is 7.15. The molecule has 0 saturated carbocycles. The van der Waals surface area contributed by atoms with Crippen LogP contribution in [0.5, 0.6) is 5.75 Å². The third-order valence-electron chi connectivity index (χ3n) is 2.86. The first-order chi connectivity index (χ1) is 9.54. The number of benzene rings is 1. The Bertz CT molecular complexity index is 663. The molecule has 0 atom stereocenters. The molecule has 0 aliphatic rings. The number of amides is 1. The first kappa shape index (κ1) is 13.6. The second kappa shape index (κ2) is 5.43. The van der Waals surface area contributed by atoms with Crippen LogP contribution in [0.2, 0.25) is 0 Å². The molecule has 0 aliphatic heterocycles. The van der Waals surface area contributed by atoms with Gasteiger partial charge in [-0.15, -0.1) is 0 Å². The van der Waals surface area contributed by atoms with Gasteiger partial charge in [-0.2, -0.15) is 0 Å². The number of nitro benzene ring substituents is 1. The number of aromatic hydroxyl groups is 1. The SMILES string of the molecule is CCn1cccc1C(=O)Nc1c(O)cccc1[N+](=O)[O-]. The van der Waals surface area contributed by atoms with E-state index in [2.05, 4.69) is 5.32 Å². The Labute approximate surface area is 114 Å². The lowest BCUT2D eigenvalue weighted by Crippen LogP contribution is -2.17. The number of rotatable bonds is 4. The Hall–Kier alpha value is -2.83. The fraction of sp³-hybridized carbons (Fsp3) is 0.154. The van der Waals surface area contributed by atoms with Crippen LogP contribution in [0.1, 0.15) is 17.4 Å². The lowest BCUT2D eigenvalue weighted by Gasteiger charge is -2.09. The molecular formula is C13H13N3O4. The monoisotopic (exact) mass is 275 g/mol. The Morgan fingerprint density at radius 1 is 1.40 bits per heavy atom. The average molecular weight is 275 g/mol. The Kier molecular flexibility index (Phi) is 3.69. The maximum absolute atomic E-state index is 12.1. The minimum Gasteiger partial charge on any atom is -0.505 e. The molecule has 20 heavy (non-hydrogen) atoms. The smallest absolute Gasteiger partial charge is 0.296 e. The van der Waals surface area contributed by atoms with Crippen LogP contribution in [-0.4, -0.2) is 20.5 Å². The zero-order chi connectivity index (χ0) is 14.7. The Balaban J connectivity index is 2.35. The summed E-state index contributed by atoms with van der Waals surface area (Å²) in [6.45, 7) is 2.47. The van der Waals surface area contributed by atoms with Crippen molar-refractivity contribution in [2.75, 3.05) is 5.32 Å². The zero-order valence-electron chi connectivity index (χ0n) is 10.7. The molecule has 7 heteroatoms. The van der Waals surface area contributed by atoms with Crippen molar-refractivity contribution in [1.29, 1.82) is 0 Å². The molecule has 2 aromatic rings. The van der Waals surface area contributed by atoms with E-state index in [0.717, 1.165) is 0 Å². The topological polar surface area (TPSA) is 97.4 Å². The zero-order valence-corrected chi connectivity index (χ0v) is 10.7. The third-order valence-corrected chi connectivity index (χ3v) is 2.86. The highest BCUT2D eigenvalue weighted by Crippen LogP contribution is 2.33. The molecule has 0 fully saturated rings. The number of aromatic nitrogens is 1. The standard InChI is InChI=1S/C13H13N3O4/c1-2-15-8-4-6-10(15)13(18)14-12-9(16(19)20)5-3-7-11(12)17/h3-8,17H,2H2,1H3,(H,14,18). The van der Waals surface area contributed by atoms with Crippen molar-refractivity contribution in [2.24, 2.45) is 0 Å². The first-order valence-corrected chi connectivity index (χ1v) is 5.97. The average Bonchev–Trinajstić information content (AvgIpc) is 2.89. The lowest BCUT2D eigenvalue weighted by atomic mass is 10.2. The number of hydrogen-bond donors (Lipinski definition) is 2. The quantitative estimate of drug-likeness (QED) is 0.508. The largest absolute Gasteiger partial charge is 0.505 e. The van der Waals surface area contributed by atoms with Gasteiger partial charge in [-0.3, -0.25) is 14.9 Å². The molecule has 1 aromatic heterocycles. The summed E-state index contributed by atoms with van der Waals surface area (Å²) in [4.78, 5) is 22.4. The molecule has 0 bridgehead atoms. The summed E-state index contributed by atoms with van der Waals surface area (Å²) in [7, 11) is 0. The van der Waals surface area contributed by atoms with Crippen LogP contribution in [0.4, 0.5) is 11.4 Å². The minimum atomic E-state index is -0.659. The van der Waals surface area contributed by atoms with E-state index in [1.807, 2.05) is 6.92 Å². The van der Waals surface area contributed by atoms with Crippen molar-refractivity contribution < 1.29 is 14.8 Å². The van der Waals surface area contributed by atoms with Gasteiger partial charge in [0.05, 0.1) is 4.92 Å². The molecule has 7 nitrogen and oxygen atoms in total. The maximum atomic E-state index is 12.1. The number of para-hydroxylation sites is 1. The van der Waals surface area contributed by atoms with E-state index in [1.54, 1.807) is 22.9 Å². The normalized spacial score (nSPS) is 10.2. The highest BCUT2D eigenvalue weighted by atomic mass is 16.6. The number of hydrogen-bond acceptors (Lipinski definition) is 4. The molecule has 104 valence electrons. The van der Waals surface area contributed by atoms with Gasteiger partial charge in [0.15, 0.2) is 5.69 Å². The highest BCUT2D eigenvalue weighted by molar-refractivity contribution is 6.05. The van der Waals surface area contributed by atoms with Gasteiger partial charge >= 0.3 is 0 Å². The van der Waals surface area contributed by atoms with Gasteiger partial charge in [-0.1, -0.05) is 6.07 Å². The van der Waals surface area contributed by atoms with Crippen molar-refractivity contribution in [3.8, 4) is 5.75 Å². The number of carbonyl (C=O) groups is 1. The van der Waals surface area contributed by atoms with Crippen molar-refractivity contribution in [2.45, 2.75) is 13.5 Å². The fourth-order valence-electron chi connectivity index (χ4n) is 1.88. The Morgan fingerprint density at radius 2 is 2.15 bits per heavy atom. The van der Waals surface area contributed by atoms with E-state index >= 15 is 0 Å². The Morgan fingerprint density at radius 3 is 2.80 bits per heavy atom. The van der Waals surface area contributed by atoms with Crippen LogP contribution >= 0.6 is 0 Å². The van der Waals surface area contributed by atoms with Gasteiger partial charge in [-0.25, -0.2) is 0 Å². The number of nitrogens with one attached hydrogen (secondary N) is 1. The van der Waals surface area contributed by atoms with Crippen LogP contribution < -0.4 is 5.32 Å². The predicted molar refractivity (Wildman–Crippen MR) is 72.8 cm³/mol. The second-order valence-electron chi connectivity index (χ2n) is 4.06. The predicted octanol–water partition coefficient (Wildman–Crippen LogP) is 2.37. The maximum Gasteiger partial charge on any atom is 0.296 e. The first-order valence-electron chi connectivity index (χ1n) is 5.97. The number of phenolic OH excluding ortho intramolecular Hbond substituents is 1. The summed E-state index contributed by atoms with van der Waals surface area (Å²) in [5.41, 5.74) is -0.190. The number of nitrogens with zero attached hydrogens (tertiary/aromatic N) is 2. The summed E-state index contributed by atoms with van der Waals surface area (Å²) in [5, 5.41) is 23.0. The molecule has 1 heterocycles. The number of phenols is 1. The van der Waals surface area contributed by atoms with Crippen molar-refractivity contribution in [1.82, 2.24) is 4.57 Å². The molecule has 0 spiro atoms. The minimum absolute atomic E-state index is 0.202. The van der Waals surface area contributed by atoms with Crippen molar-refractivity contribution in [3.05, 3.63) is 52.3 Å². The lowest BCUT2D eigenvalue weighted by molar-refractivity contribution is -0.384. The van der Waals surface area contributed by atoms with Gasteiger partial charge in [0.2, 0.25) is 0 Å². The van der Waals surface area contributed by atoms with Crippen LogP contribution in [0, 0.1) is 10.1 Å². The molecule has 0 saturated heterocycles. The van der Waals surface area contributed by atoms with E-state index in [1.165, 1.54) is 18.2 Å². The third kappa shape index (κ3) is 2.46. The molecule has 1 aromatic carbocycles. The number of nitro groups is 1. The van der Waals surface area contributed by atoms with E-state index in [4.69, 9.17) is 0 Å². The van der Waals surface area contributed by atoms with Crippen LogP contribution in [0.3, 0.4) is 0 Å². The number of aryl methyl sites for hydroxylation is 1. The molecule has 1 amide bonds.